The molecule has 98 valence electrons. The number of carbonyl (C=O) groups excluding carboxylic acids is 1. The molecule has 3 N–H and O–H groups in total. The van der Waals surface area contributed by atoms with Crippen molar-refractivity contribution in [3.8, 4) is 0 Å². The third-order valence-electron chi connectivity index (χ3n) is 3.89. The lowest BCUT2D eigenvalue weighted by Gasteiger charge is -2.39. The summed E-state index contributed by atoms with van der Waals surface area (Å²) in [5, 5.41) is 3.52. The molecule has 0 aliphatic carbocycles. The van der Waals surface area contributed by atoms with Crippen LogP contribution < -0.4 is 11.1 Å². The molecule has 0 saturated carbocycles. The van der Waals surface area contributed by atoms with Gasteiger partial charge in [-0.3, -0.25) is 4.79 Å². The van der Waals surface area contributed by atoms with Crippen LogP contribution >= 0.6 is 0 Å². The molecule has 1 aliphatic rings. The lowest BCUT2D eigenvalue weighted by Crippen LogP contribution is -2.49. The molecule has 0 spiro atoms. The van der Waals surface area contributed by atoms with Gasteiger partial charge in [0.25, 0.3) is 0 Å². The van der Waals surface area contributed by atoms with Gasteiger partial charge in [-0.2, -0.15) is 0 Å². The molecule has 1 heterocycles. The van der Waals surface area contributed by atoms with E-state index in [0.29, 0.717) is 12.0 Å². The monoisotopic (exact) mass is 246 g/mol. The van der Waals surface area contributed by atoms with E-state index in [9.17, 15) is 4.79 Å². The lowest BCUT2D eigenvalue weighted by atomic mass is 9.76. The summed E-state index contributed by atoms with van der Waals surface area (Å²) in [6, 6.07) is 8.78. The van der Waals surface area contributed by atoms with E-state index in [0.717, 1.165) is 12.0 Å². The van der Waals surface area contributed by atoms with Crippen LogP contribution in [-0.2, 0) is 4.79 Å². The van der Waals surface area contributed by atoms with Gasteiger partial charge in [-0.05, 0) is 31.7 Å². The topological polar surface area (TPSA) is 55.1 Å². The number of primary amides is 1. The van der Waals surface area contributed by atoms with Crippen molar-refractivity contribution in [1.29, 1.82) is 0 Å². The third kappa shape index (κ3) is 2.56. The fourth-order valence-electron chi connectivity index (χ4n) is 3.12. The molecule has 3 nitrogen and oxygen atoms in total. The summed E-state index contributed by atoms with van der Waals surface area (Å²) in [6.45, 7) is 6.35. The van der Waals surface area contributed by atoms with Gasteiger partial charge in [-0.1, -0.05) is 36.8 Å². The Labute approximate surface area is 109 Å². The van der Waals surface area contributed by atoms with Gasteiger partial charge >= 0.3 is 0 Å². The highest BCUT2D eigenvalue weighted by atomic mass is 16.1. The highest BCUT2D eigenvalue weighted by Crippen LogP contribution is 2.35. The van der Waals surface area contributed by atoms with Crippen molar-refractivity contribution in [2.24, 2.45) is 17.6 Å². The van der Waals surface area contributed by atoms with Gasteiger partial charge in [-0.15, -0.1) is 0 Å². The Hall–Kier alpha value is -1.35. The molecule has 3 heteroatoms. The summed E-state index contributed by atoms with van der Waals surface area (Å²) in [5.41, 5.74) is 7.97. The normalized spacial score (nSPS) is 32.2. The average Bonchev–Trinajstić information content (AvgIpc) is 2.27. The standard InChI is InChI=1S/C15H22N2O/c1-9-5-4-6-12(7-9)14-13(15(16)18)10(2)8-11(3)17-14/h4-7,10-11,13-14,17H,8H2,1-3H3,(H2,16,18). The van der Waals surface area contributed by atoms with Crippen molar-refractivity contribution >= 4 is 5.91 Å². The summed E-state index contributed by atoms with van der Waals surface area (Å²) >= 11 is 0. The SMILES string of the molecule is Cc1cccc(C2NC(C)CC(C)C2C(N)=O)c1. The first kappa shape index (κ1) is 13.1. The highest BCUT2D eigenvalue weighted by Gasteiger charge is 2.37. The number of nitrogens with one attached hydrogen (secondary N) is 1. The van der Waals surface area contributed by atoms with E-state index < -0.39 is 0 Å². The minimum atomic E-state index is -0.201. The third-order valence-corrected chi connectivity index (χ3v) is 3.89. The van der Waals surface area contributed by atoms with E-state index in [1.54, 1.807) is 0 Å². The number of aryl methyl sites for hydroxylation is 1. The van der Waals surface area contributed by atoms with Crippen LogP contribution in [0, 0.1) is 18.8 Å². The Morgan fingerprint density at radius 3 is 2.72 bits per heavy atom. The van der Waals surface area contributed by atoms with Crippen molar-refractivity contribution in [1.82, 2.24) is 5.32 Å². The van der Waals surface area contributed by atoms with Crippen molar-refractivity contribution in [2.45, 2.75) is 39.3 Å². The predicted octanol–water partition coefficient (Wildman–Crippen LogP) is 2.16. The molecule has 0 radical (unpaired) electrons. The van der Waals surface area contributed by atoms with Gasteiger partial charge in [0.2, 0.25) is 5.91 Å². The number of amides is 1. The van der Waals surface area contributed by atoms with E-state index in [1.165, 1.54) is 5.56 Å². The van der Waals surface area contributed by atoms with Crippen molar-refractivity contribution in [3.63, 3.8) is 0 Å². The molecule has 18 heavy (non-hydrogen) atoms. The minimum absolute atomic E-state index is 0.0427. The number of nitrogens with two attached hydrogens (primary N) is 1. The number of rotatable bonds is 2. The Balaban J connectivity index is 2.35. The maximum Gasteiger partial charge on any atom is 0.222 e. The maximum atomic E-state index is 11.7. The van der Waals surface area contributed by atoms with E-state index in [-0.39, 0.29) is 17.9 Å². The van der Waals surface area contributed by atoms with Crippen LogP contribution in [0.3, 0.4) is 0 Å². The zero-order valence-electron chi connectivity index (χ0n) is 11.3. The molecule has 1 saturated heterocycles. The maximum absolute atomic E-state index is 11.7. The number of hydrogen-bond acceptors (Lipinski definition) is 2. The molecule has 1 amide bonds. The van der Waals surface area contributed by atoms with Crippen LogP contribution in [0.5, 0.6) is 0 Å². The molecule has 0 aromatic heterocycles. The fourth-order valence-corrected chi connectivity index (χ4v) is 3.12. The Morgan fingerprint density at radius 2 is 2.11 bits per heavy atom. The van der Waals surface area contributed by atoms with Crippen LogP contribution in [-0.4, -0.2) is 11.9 Å². The second-order valence-corrected chi connectivity index (χ2v) is 5.60. The second kappa shape index (κ2) is 5.11. The molecular weight excluding hydrogens is 224 g/mol. The molecule has 0 bridgehead atoms. The van der Waals surface area contributed by atoms with Crippen LogP contribution in [0.2, 0.25) is 0 Å². The second-order valence-electron chi connectivity index (χ2n) is 5.60. The summed E-state index contributed by atoms with van der Waals surface area (Å²) in [7, 11) is 0. The predicted molar refractivity (Wildman–Crippen MR) is 73.0 cm³/mol. The molecule has 4 unspecified atom stereocenters. The van der Waals surface area contributed by atoms with Gasteiger partial charge in [0.15, 0.2) is 0 Å². The van der Waals surface area contributed by atoms with Crippen molar-refractivity contribution < 1.29 is 4.79 Å². The Kier molecular flexibility index (Phi) is 3.71. The van der Waals surface area contributed by atoms with Crippen LogP contribution in [0.4, 0.5) is 0 Å². The smallest absolute Gasteiger partial charge is 0.222 e. The van der Waals surface area contributed by atoms with E-state index in [1.807, 2.05) is 6.07 Å². The quantitative estimate of drug-likeness (QED) is 0.840. The molecule has 1 aliphatic heterocycles. The highest BCUT2D eigenvalue weighted by molar-refractivity contribution is 5.78. The van der Waals surface area contributed by atoms with Crippen LogP contribution in [0.1, 0.15) is 37.4 Å². The van der Waals surface area contributed by atoms with E-state index in [4.69, 9.17) is 5.73 Å². The summed E-state index contributed by atoms with van der Waals surface area (Å²) in [4.78, 5) is 11.7. The van der Waals surface area contributed by atoms with Gasteiger partial charge in [0, 0.05) is 12.1 Å². The first-order valence-electron chi connectivity index (χ1n) is 6.61. The molecule has 1 fully saturated rings. The molecule has 1 aromatic rings. The Morgan fingerprint density at radius 1 is 1.39 bits per heavy atom. The van der Waals surface area contributed by atoms with E-state index in [2.05, 4.69) is 44.3 Å². The largest absolute Gasteiger partial charge is 0.369 e. The van der Waals surface area contributed by atoms with Gasteiger partial charge in [0.1, 0.15) is 0 Å². The number of carbonyl (C=O) groups is 1. The summed E-state index contributed by atoms with van der Waals surface area (Å²) < 4.78 is 0. The zero-order valence-corrected chi connectivity index (χ0v) is 11.3. The minimum Gasteiger partial charge on any atom is -0.369 e. The van der Waals surface area contributed by atoms with E-state index >= 15 is 0 Å². The van der Waals surface area contributed by atoms with Crippen LogP contribution in [0.25, 0.3) is 0 Å². The number of piperidine rings is 1. The molecule has 4 atom stereocenters. The summed E-state index contributed by atoms with van der Waals surface area (Å²) in [5.74, 6) is 0.000619. The molecule has 1 aromatic carbocycles. The zero-order chi connectivity index (χ0) is 13.3. The van der Waals surface area contributed by atoms with Gasteiger partial charge in [-0.25, -0.2) is 0 Å². The fraction of sp³-hybridized carbons (Fsp3) is 0.533. The first-order valence-corrected chi connectivity index (χ1v) is 6.61. The number of benzene rings is 1. The first-order chi connectivity index (χ1) is 8.49. The average molecular weight is 246 g/mol. The van der Waals surface area contributed by atoms with Crippen LogP contribution in [0.15, 0.2) is 24.3 Å². The van der Waals surface area contributed by atoms with Gasteiger partial charge < -0.3 is 11.1 Å². The van der Waals surface area contributed by atoms with Gasteiger partial charge in [0.05, 0.1) is 5.92 Å². The van der Waals surface area contributed by atoms with Crippen molar-refractivity contribution in [3.05, 3.63) is 35.4 Å². The Bertz CT molecular complexity index is 444. The lowest BCUT2D eigenvalue weighted by molar-refractivity contribution is -0.125. The molecule has 2 rings (SSSR count). The summed E-state index contributed by atoms with van der Waals surface area (Å²) in [6.07, 6.45) is 0.996. The number of hydrogen-bond donors (Lipinski definition) is 2. The molecular formula is C15H22N2O. The van der Waals surface area contributed by atoms with Crippen molar-refractivity contribution in [2.75, 3.05) is 0 Å².